The second kappa shape index (κ2) is 5.01. The Labute approximate surface area is 112 Å². The largest absolute Gasteiger partial charge is 0.467 e. The molecule has 0 aliphatic carbocycles. The van der Waals surface area contributed by atoms with Crippen LogP contribution in [0.5, 0.6) is 0 Å². The predicted octanol–water partition coefficient (Wildman–Crippen LogP) is 2.26. The van der Waals surface area contributed by atoms with Gasteiger partial charge in [0, 0.05) is 18.3 Å². The van der Waals surface area contributed by atoms with E-state index in [1.165, 1.54) is 0 Å². The minimum Gasteiger partial charge on any atom is -0.467 e. The van der Waals surface area contributed by atoms with E-state index in [0.717, 1.165) is 36.2 Å². The van der Waals surface area contributed by atoms with E-state index in [1.807, 2.05) is 32.0 Å². The van der Waals surface area contributed by atoms with Gasteiger partial charge in [-0.2, -0.15) is 0 Å². The Hall–Kier alpha value is -1.88. The zero-order chi connectivity index (χ0) is 13.2. The van der Waals surface area contributed by atoms with E-state index in [1.54, 1.807) is 6.26 Å². The Kier molecular flexibility index (Phi) is 3.21. The third-order valence-corrected chi connectivity index (χ3v) is 3.20. The number of morpholine rings is 1. The van der Waals surface area contributed by atoms with E-state index < -0.39 is 0 Å². The SMILES string of the molecule is Cc1cc(N2CCOC(c3ccco3)C2)nc(C)n1. The van der Waals surface area contributed by atoms with Crippen LogP contribution in [0, 0.1) is 13.8 Å². The van der Waals surface area contributed by atoms with Crippen molar-refractivity contribution in [3.05, 3.63) is 41.7 Å². The quantitative estimate of drug-likeness (QED) is 0.828. The maximum atomic E-state index is 5.76. The van der Waals surface area contributed by atoms with Gasteiger partial charge in [-0.05, 0) is 26.0 Å². The highest BCUT2D eigenvalue weighted by Crippen LogP contribution is 2.25. The normalized spacial score (nSPS) is 19.7. The van der Waals surface area contributed by atoms with Crippen LogP contribution in [0.3, 0.4) is 0 Å². The van der Waals surface area contributed by atoms with Crippen LogP contribution in [0.15, 0.2) is 28.9 Å². The summed E-state index contributed by atoms with van der Waals surface area (Å²) in [6.07, 6.45) is 1.65. The van der Waals surface area contributed by atoms with Crippen molar-refractivity contribution in [3.63, 3.8) is 0 Å². The predicted molar refractivity (Wildman–Crippen MR) is 71.1 cm³/mol. The van der Waals surface area contributed by atoms with Crippen molar-refractivity contribution < 1.29 is 9.15 Å². The first-order valence-corrected chi connectivity index (χ1v) is 6.44. The van der Waals surface area contributed by atoms with Crippen molar-refractivity contribution in [1.29, 1.82) is 0 Å². The zero-order valence-corrected chi connectivity index (χ0v) is 11.2. The first kappa shape index (κ1) is 12.2. The lowest BCUT2D eigenvalue weighted by atomic mass is 10.2. The van der Waals surface area contributed by atoms with Gasteiger partial charge in [-0.3, -0.25) is 0 Å². The van der Waals surface area contributed by atoms with Crippen molar-refractivity contribution in [2.24, 2.45) is 0 Å². The molecule has 100 valence electrons. The van der Waals surface area contributed by atoms with Crippen LogP contribution in [0.4, 0.5) is 5.82 Å². The molecule has 1 fully saturated rings. The fourth-order valence-electron chi connectivity index (χ4n) is 2.36. The molecule has 1 unspecified atom stereocenters. The molecular formula is C14H17N3O2. The molecular weight excluding hydrogens is 242 g/mol. The molecule has 0 amide bonds. The zero-order valence-electron chi connectivity index (χ0n) is 11.2. The molecule has 5 nitrogen and oxygen atoms in total. The number of aromatic nitrogens is 2. The maximum absolute atomic E-state index is 5.76. The average Bonchev–Trinajstić information content (AvgIpc) is 2.92. The highest BCUT2D eigenvalue weighted by Gasteiger charge is 2.25. The van der Waals surface area contributed by atoms with E-state index in [9.17, 15) is 0 Å². The van der Waals surface area contributed by atoms with E-state index >= 15 is 0 Å². The van der Waals surface area contributed by atoms with Crippen molar-refractivity contribution in [2.75, 3.05) is 24.6 Å². The molecule has 0 N–H and O–H groups in total. The summed E-state index contributed by atoms with van der Waals surface area (Å²) in [7, 11) is 0. The first-order chi connectivity index (χ1) is 9.22. The third kappa shape index (κ3) is 2.61. The Bertz CT molecular complexity index is 534. The minimum absolute atomic E-state index is 0.0284. The smallest absolute Gasteiger partial charge is 0.134 e. The molecule has 3 rings (SSSR count). The molecule has 0 bridgehead atoms. The molecule has 0 radical (unpaired) electrons. The van der Waals surface area contributed by atoms with Gasteiger partial charge in [0.2, 0.25) is 0 Å². The van der Waals surface area contributed by atoms with E-state index in [4.69, 9.17) is 9.15 Å². The lowest BCUT2D eigenvalue weighted by molar-refractivity contribution is 0.0255. The Morgan fingerprint density at radius 1 is 1.32 bits per heavy atom. The van der Waals surface area contributed by atoms with E-state index in [0.29, 0.717) is 6.61 Å². The van der Waals surface area contributed by atoms with Crippen molar-refractivity contribution in [2.45, 2.75) is 20.0 Å². The molecule has 0 aromatic carbocycles. The maximum Gasteiger partial charge on any atom is 0.134 e. The molecule has 2 aromatic heterocycles. The molecule has 0 saturated carbocycles. The number of anilines is 1. The van der Waals surface area contributed by atoms with Crippen LogP contribution in [0.2, 0.25) is 0 Å². The van der Waals surface area contributed by atoms with Crippen molar-refractivity contribution in [1.82, 2.24) is 9.97 Å². The molecule has 1 atom stereocenters. The van der Waals surface area contributed by atoms with Gasteiger partial charge in [-0.1, -0.05) is 0 Å². The molecule has 5 heteroatoms. The van der Waals surface area contributed by atoms with Crippen molar-refractivity contribution >= 4 is 5.82 Å². The Morgan fingerprint density at radius 3 is 2.95 bits per heavy atom. The van der Waals surface area contributed by atoms with Crippen LogP contribution >= 0.6 is 0 Å². The van der Waals surface area contributed by atoms with Gasteiger partial charge >= 0.3 is 0 Å². The van der Waals surface area contributed by atoms with Gasteiger partial charge in [0.15, 0.2) is 0 Å². The molecule has 1 aliphatic rings. The van der Waals surface area contributed by atoms with Crippen molar-refractivity contribution in [3.8, 4) is 0 Å². The number of furan rings is 1. The van der Waals surface area contributed by atoms with Crippen LogP contribution in [-0.2, 0) is 4.74 Å². The van der Waals surface area contributed by atoms with Gasteiger partial charge in [0.25, 0.3) is 0 Å². The molecule has 3 heterocycles. The molecule has 1 saturated heterocycles. The minimum atomic E-state index is -0.0284. The molecule has 1 aliphatic heterocycles. The topological polar surface area (TPSA) is 51.4 Å². The first-order valence-electron chi connectivity index (χ1n) is 6.44. The van der Waals surface area contributed by atoms with Gasteiger partial charge in [0.1, 0.15) is 23.5 Å². The summed E-state index contributed by atoms with van der Waals surface area (Å²) < 4.78 is 11.2. The summed E-state index contributed by atoms with van der Waals surface area (Å²) in [5, 5.41) is 0. The van der Waals surface area contributed by atoms with Crippen LogP contribution in [-0.4, -0.2) is 29.7 Å². The summed E-state index contributed by atoms with van der Waals surface area (Å²) in [6, 6.07) is 5.85. The number of rotatable bonds is 2. The standard InChI is InChI=1S/C14H17N3O2/c1-10-8-14(16-11(2)15-10)17-5-7-19-13(9-17)12-4-3-6-18-12/h3-4,6,8,13H,5,7,9H2,1-2H3. The number of hydrogen-bond acceptors (Lipinski definition) is 5. The second-order valence-corrected chi connectivity index (χ2v) is 4.74. The van der Waals surface area contributed by atoms with Crippen LogP contribution < -0.4 is 4.90 Å². The summed E-state index contributed by atoms with van der Waals surface area (Å²) in [6.45, 7) is 6.17. The number of nitrogens with zero attached hydrogens (tertiary/aromatic N) is 3. The summed E-state index contributed by atoms with van der Waals surface area (Å²) in [5.74, 6) is 2.63. The van der Waals surface area contributed by atoms with Crippen LogP contribution in [0.1, 0.15) is 23.4 Å². The van der Waals surface area contributed by atoms with Gasteiger partial charge in [-0.15, -0.1) is 0 Å². The lowest BCUT2D eigenvalue weighted by Crippen LogP contribution is -2.38. The molecule has 0 spiro atoms. The summed E-state index contributed by atoms with van der Waals surface area (Å²) >= 11 is 0. The summed E-state index contributed by atoms with van der Waals surface area (Å²) in [5.41, 5.74) is 0.989. The Morgan fingerprint density at radius 2 is 2.21 bits per heavy atom. The van der Waals surface area contributed by atoms with E-state index in [-0.39, 0.29) is 6.10 Å². The monoisotopic (exact) mass is 259 g/mol. The second-order valence-electron chi connectivity index (χ2n) is 4.74. The Balaban J connectivity index is 1.81. The molecule has 19 heavy (non-hydrogen) atoms. The fourth-order valence-corrected chi connectivity index (χ4v) is 2.36. The highest BCUT2D eigenvalue weighted by atomic mass is 16.5. The van der Waals surface area contributed by atoms with Gasteiger partial charge in [-0.25, -0.2) is 9.97 Å². The lowest BCUT2D eigenvalue weighted by Gasteiger charge is -2.33. The van der Waals surface area contributed by atoms with Gasteiger partial charge < -0.3 is 14.1 Å². The van der Waals surface area contributed by atoms with E-state index in [2.05, 4.69) is 14.9 Å². The number of ether oxygens (including phenoxy) is 1. The van der Waals surface area contributed by atoms with Gasteiger partial charge in [0.05, 0.1) is 19.4 Å². The third-order valence-electron chi connectivity index (χ3n) is 3.20. The highest BCUT2D eigenvalue weighted by molar-refractivity contribution is 5.40. The summed E-state index contributed by atoms with van der Waals surface area (Å²) in [4.78, 5) is 11.0. The van der Waals surface area contributed by atoms with Crippen LogP contribution in [0.25, 0.3) is 0 Å². The average molecular weight is 259 g/mol. The fraction of sp³-hybridized carbons (Fsp3) is 0.429. The number of hydrogen-bond donors (Lipinski definition) is 0. The molecule has 2 aromatic rings. The number of aryl methyl sites for hydroxylation is 2.